The molecule has 0 bridgehead atoms. The molecule has 7 rings (SSSR count). The number of hydrogen-bond acceptors (Lipinski definition) is 8. The van der Waals surface area contributed by atoms with Crippen molar-refractivity contribution in [2.24, 2.45) is 22.7 Å². The molecule has 3 aromatic heterocycles. The lowest BCUT2D eigenvalue weighted by atomic mass is 9.44. The smallest absolute Gasteiger partial charge is 0.361 e. The van der Waals surface area contributed by atoms with Crippen molar-refractivity contribution >= 4 is 29.8 Å². The summed E-state index contributed by atoms with van der Waals surface area (Å²) < 4.78 is 43.9. The number of aliphatic hydroxyl groups excluding tert-OH is 1. The fourth-order valence-corrected chi connectivity index (χ4v) is 9.24. The summed E-state index contributed by atoms with van der Waals surface area (Å²) in [6.07, 6.45) is 7.70. The van der Waals surface area contributed by atoms with Crippen molar-refractivity contribution in [3.63, 3.8) is 0 Å². The summed E-state index contributed by atoms with van der Waals surface area (Å²) in [6.45, 7) is 3.68. The molecule has 1 N–H and O–H groups in total. The van der Waals surface area contributed by atoms with E-state index in [1.54, 1.807) is 16.9 Å². The van der Waals surface area contributed by atoms with Gasteiger partial charge in [-0.2, -0.15) is 9.49 Å². The second-order valence-corrected chi connectivity index (χ2v) is 13.0. The molecule has 3 aromatic rings. The number of alkyl halides is 1. The van der Waals surface area contributed by atoms with E-state index in [-0.39, 0.29) is 24.5 Å². The zero-order chi connectivity index (χ0) is 29.7. The third kappa shape index (κ3) is 3.42. The van der Waals surface area contributed by atoms with Crippen molar-refractivity contribution in [3.8, 4) is 5.69 Å². The number of esters is 1. The van der Waals surface area contributed by atoms with Crippen LogP contribution in [-0.4, -0.2) is 53.3 Å². The Bertz CT molecular complexity index is 1630. The van der Waals surface area contributed by atoms with Gasteiger partial charge in [0.25, 0.3) is 0 Å². The Hall–Kier alpha value is -3.38. The molecule has 0 aromatic carbocycles. The molecule has 220 valence electrons. The molecule has 4 aliphatic carbocycles. The highest BCUT2D eigenvalue weighted by molar-refractivity contribution is 7.96. The van der Waals surface area contributed by atoms with E-state index in [1.807, 2.05) is 19.9 Å². The van der Waals surface area contributed by atoms with Gasteiger partial charge in [-0.1, -0.05) is 19.4 Å². The zero-order valence-electron chi connectivity index (χ0n) is 23.1. The SMILES string of the molecule is C[C@]12Cc3cnn(-c4ccc(F)nc4)c3C=C1CC[C@H]1[C@@H]3CC[C@](OC(=O)c4cocn4)(C(=O)S)[C@@]3(C)C[C@H](O)[C@@]12F. The quantitative estimate of drug-likeness (QED) is 0.253. The van der Waals surface area contributed by atoms with Gasteiger partial charge in [-0.15, -0.1) is 12.6 Å². The molecule has 42 heavy (non-hydrogen) atoms. The lowest BCUT2D eigenvalue weighted by Crippen LogP contribution is -2.70. The largest absolute Gasteiger partial charge is 0.451 e. The summed E-state index contributed by atoms with van der Waals surface area (Å²) in [5.41, 5.74) is -2.76. The number of ether oxygens (including phenoxy) is 1. The number of allylic oxidation sites excluding steroid dienone is 1. The lowest BCUT2D eigenvalue weighted by Gasteiger charge is -2.63. The standard InChI is InChI=1S/C30H30F2N4O5S/c1-27-10-16-12-35-36(18-4-6-24(31)33-13-18)22(16)9-17(27)3-5-20-19-7-8-29(26(39)42,41-25(38)21-14-40-15-34-21)28(19,2)11-23(37)30(20,27)32/h4,6,9,12-15,19-20,23,37H,3,5,7-8,10-11H2,1-2H3,(H,39,42)/t19-,20-,23-,27-,28-,29-,30-/m0/s1. The Morgan fingerprint density at radius 2 is 2.00 bits per heavy atom. The highest BCUT2D eigenvalue weighted by Gasteiger charge is 2.75. The van der Waals surface area contributed by atoms with Gasteiger partial charge in [0.15, 0.2) is 17.7 Å². The van der Waals surface area contributed by atoms with Gasteiger partial charge in [-0.3, -0.25) is 4.79 Å². The van der Waals surface area contributed by atoms with Crippen LogP contribution in [0.1, 0.15) is 67.7 Å². The summed E-state index contributed by atoms with van der Waals surface area (Å²) in [7, 11) is 0. The third-order valence-electron chi connectivity index (χ3n) is 10.9. The molecule has 0 amide bonds. The van der Waals surface area contributed by atoms with Gasteiger partial charge in [0.1, 0.15) is 11.9 Å². The lowest BCUT2D eigenvalue weighted by molar-refractivity contribution is -0.222. The highest BCUT2D eigenvalue weighted by atomic mass is 32.1. The highest BCUT2D eigenvalue weighted by Crippen LogP contribution is 2.71. The first-order valence-corrected chi connectivity index (χ1v) is 14.5. The van der Waals surface area contributed by atoms with Gasteiger partial charge in [-0.05, 0) is 68.2 Å². The van der Waals surface area contributed by atoms with Gasteiger partial charge in [-0.25, -0.2) is 23.8 Å². The normalized spacial score (nSPS) is 36.7. The van der Waals surface area contributed by atoms with Crippen molar-refractivity contribution in [2.45, 2.75) is 69.7 Å². The summed E-state index contributed by atoms with van der Waals surface area (Å²) in [6, 6.07) is 2.85. The monoisotopic (exact) mass is 596 g/mol. The number of thiol groups is 1. The average Bonchev–Trinajstić information content (AvgIpc) is 3.68. The first-order chi connectivity index (χ1) is 19.9. The van der Waals surface area contributed by atoms with E-state index < -0.39 is 51.2 Å². The predicted octanol–water partition coefficient (Wildman–Crippen LogP) is 4.69. The molecule has 7 atom stereocenters. The number of aliphatic hydroxyl groups is 1. The fourth-order valence-electron chi connectivity index (χ4n) is 8.83. The van der Waals surface area contributed by atoms with Crippen LogP contribution < -0.4 is 0 Å². The van der Waals surface area contributed by atoms with Crippen LogP contribution in [0.5, 0.6) is 0 Å². The van der Waals surface area contributed by atoms with Gasteiger partial charge in [0, 0.05) is 16.7 Å². The van der Waals surface area contributed by atoms with E-state index in [0.29, 0.717) is 31.4 Å². The Labute approximate surface area is 245 Å². The molecule has 0 aliphatic heterocycles. The second kappa shape index (κ2) is 9.06. The molecule has 3 saturated carbocycles. The molecular weight excluding hydrogens is 566 g/mol. The first-order valence-electron chi connectivity index (χ1n) is 14.1. The molecule has 0 unspecified atom stereocenters. The van der Waals surface area contributed by atoms with E-state index in [2.05, 4.69) is 27.7 Å². The van der Waals surface area contributed by atoms with Crippen LogP contribution >= 0.6 is 12.6 Å². The maximum Gasteiger partial charge on any atom is 0.361 e. The Kier molecular flexibility index (Phi) is 5.92. The van der Waals surface area contributed by atoms with E-state index in [1.165, 1.54) is 12.3 Å². The van der Waals surface area contributed by atoms with Crippen molar-refractivity contribution < 1.29 is 32.6 Å². The van der Waals surface area contributed by atoms with Crippen molar-refractivity contribution in [3.05, 3.63) is 65.7 Å². The summed E-state index contributed by atoms with van der Waals surface area (Å²) >= 11 is 4.17. The first kappa shape index (κ1) is 27.5. The molecule has 4 aliphatic rings. The number of fused-ring (bicyclic) bond motifs is 6. The minimum atomic E-state index is -2.01. The number of carbonyl (C=O) groups excluding carboxylic acids is 2. The number of hydrogen-bond donors (Lipinski definition) is 2. The average molecular weight is 597 g/mol. The van der Waals surface area contributed by atoms with Crippen molar-refractivity contribution in [1.82, 2.24) is 19.7 Å². The maximum absolute atomic E-state index is 17.9. The van der Waals surface area contributed by atoms with Gasteiger partial charge >= 0.3 is 5.97 Å². The van der Waals surface area contributed by atoms with E-state index in [0.717, 1.165) is 29.5 Å². The van der Waals surface area contributed by atoms with E-state index in [4.69, 9.17) is 9.15 Å². The Balaban J connectivity index is 1.26. The van der Waals surface area contributed by atoms with Crippen LogP contribution in [0, 0.1) is 28.6 Å². The number of pyridine rings is 1. The predicted molar refractivity (Wildman–Crippen MR) is 148 cm³/mol. The third-order valence-corrected chi connectivity index (χ3v) is 11.3. The minimum absolute atomic E-state index is 0.0814. The summed E-state index contributed by atoms with van der Waals surface area (Å²) in [4.78, 5) is 33.7. The van der Waals surface area contributed by atoms with Gasteiger partial charge in [0.2, 0.25) is 11.1 Å². The number of oxazole rings is 1. The Morgan fingerprint density at radius 1 is 1.19 bits per heavy atom. The Morgan fingerprint density at radius 3 is 2.69 bits per heavy atom. The molecular formula is C30H30F2N4O5S. The van der Waals surface area contributed by atoms with Crippen LogP contribution in [0.4, 0.5) is 8.78 Å². The van der Waals surface area contributed by atoms with Gasteiger partial charge in [0.05, 0.1) is 29.9 Å². The van der Waals surface area contributed by atoms with Crippen LogP contribution in [-0.2, 0) is 16.0 Å². The van der Waals surface area contributed by atoms with E-state index >= 15 is 4.39 Å². The van der Waals surface area contributed by atoms with Crippen LogP contribution in [0.15, 0.2) is 47.2 Å². The number of nitrogens with zero attached hydrogens (tertiary/aromatic N) is 4. The molecule has 3 heterocycles. The number of aromatic nitrogens is 4. The van der Waals surface area contributed by atoms with Gasteiger partial charge < -0.3 is 14.3 Å². The molecule has 0 spiro atoms. The maximum atomic E-state index is 17.9. The van der Waals surface area contributed by atoms with Crippen molar-refractivity contribution in [1.29, 1.82) is 0 Å². The second-order valence-electron chi connectivity index (χ2n) is 12.6. The molecule has 0 radical (unpaired) electrons. The van der Waals surface area contributed by atoms with Crippen LogP contribution in [0.2, 0.25) is 0 Å². The summed E-state index contributed by atoms with van der Waals surface area (Å²) in [5, 5.41) is 15.7. The molecule has 0 saturated heterocycles. The zero-order valence-corrected chi connectivity index (χ0v) is 24.0. The summed E-state index contributed by atoms with van der Waals surface area (Å²) in [5.74, 6) is -2.36. The molecule has 12 heteroatoms. The molecule has 9 nitrogen and oxygen atoms in total. The topological polar surface area (TPSA) is 120 Å². The number of carbonyl (C=O) groups is 2. The van der Waals surface area contributed by atoms with E-state index in [9.17, 15) is 19.1 Å². The van der Waals surface area contributed by atoms with Crippen LogP contribution in [0.25, 0.3) is 11.8 Å². The molecule has 3 fully saturated rings. The van der Waals surface area contributed by atoms with Crippen LogP contribution in [0.3, 0.4) is 0 Å². The van der Waals surface area contributed by atoms with Crippen molar-refractivity contribution in [2.75, 3.05) is 0 Å². The number of halogens is 2. The number of rotatable bonds is 4. The fraction of sp³-hybridized carbons (Fsp3) is 0.500. The minimum Gasteiger partial charge on any atom is -0.451 e.